The van der Waals surface area contributed by atoms with Gasteiger partial charge in [-0.1, -0.05) is 0 Å². The SMILES string of the molecule is O=C(CN1CCCC1=O)OCC(=O)N1CCNC1=O. The minimum atomic E-state index is -0.636. The van der Waals surface area contributed by atoms with Crippen LogP contribution >= 0.6 is 0 Å². The summed E-state index contributed by atoms with van der Waals surface area (Å²) >= 11 is 0. The topological polar surface area (TPSA) is 96.0 Å². The number of hydrogen-bond acceptors (Lipinski definition) is 5. The monoisotopic (exact) mass is 269 g/mol. The normalized spacial score (nSPS) is 18.7. The first-order chi connectivity index (χ1) is 9.08. The molecule has 0 aromatic heterocycles. The minimum Gasteiger partial charge on any atom is -0.454 e. The van der Waals surface area contributed by atoms with E-state index in [-0.39, 0.29) is 19.0 Å². The Labute approximate surface area is 109 Å². The van der Waals surface area contributed by atoms with Crippen LogP contribution in [0.2, 0.25) is 0 Å². The average Bonchev–Trinajstić information content (AvgIpc) is 2.96. The van der Waals surface area contributed by atoms with E-state index in [9.17, 15) is 19.2 Å². The number of amides is 4. The van der Waals surface area contributed by atoms with Gasteiger partial charge in [-0.05, 0) is 6.42 Å². The van der Waals surface area contributed by atoms with Crippen LogP contribution in [-0.2, 0) is 19.1 Å². The van der Waals surface area contributed by atoms with Crippen molar-refractivity contribution in [2.45, 2.75) is 12.8 Å². The van der Waals surface area contributed by atoms with Gasteiger partial charge in [0.05, 0.1) is 0 Å². The van der Waals surface area contributed by atoms with Crippen molar-refractivity contribution in [2.24, 2.45) is 0 Å². The largest absolute Gasteiger partial charge is 0.454 e. The van der Waals surface area contributed by atoms with Gasteiger partial charge in [0.2, 0.25) is 5.91 Å². The summed E-state index contributed by atoms with van der Waals surface area (Å²) in [6.07, 6.45) is 1.18. The van der Waals surface area contributed by atoms with Crippen molar-refractivity contribution in [3.05, 3.63) is 0 Å². The molecule has 1 N–H and O–H groups in total. The zero-order valence-electron chi connectivity index (χ0n) is 10.4. The fraction of sp³-hybridized carbons (Fsp3) is 0.636. The van der Waals surface area contributed by atoms with Gasteiger partial charge in [0, 0.05) is 26.1 Å². The third kappa shape index (κ3) is 3.21. The lowest BCUT2D eigenvalue weighted by molar-refractivity contribution is -0.153. The Morgan fingerprint density at radius 1 is 1.26 bits per heavy atom. The predicted octanol–water partition coefficient (Wildman–Crippen LogP) is -1.30. The van der Waals surface area contributed by atoms with Gasteiger partial charge in [0.25, 0.3) is 5.91 Å². The summed E-state index contributed by atoms with van der Waals surface area (Å²) in [7, 11) is 0. The molecule has 2 fully saturated rings. The summed E-state index contributed by atoms with van der Waals surface area (Å²) in [5.41, 5.74) is 0. The fourth-order valence-corrected chi connectivity index (χ4v) is 2.00. The second kappa shape index (κ2) is 5.68. The molecule has 19 heavy (non-hydrogen) atoms. The number of urea groups is 1. The zero-order valence-corrected chi connectivity index (χ0v) is 10.4. The van der Waals surface area contributed by atoms with Crippen molar-refractivity contribution < 1.29 is 23.9 Å². The molecule has 0 aliphatic carbocycles. The maximum Gasteiger partial charge on any atom is 0.326 e. The third-order valence-electron chi connectivity index (χ3n) is 3.01. The van der Waals surface area contributed by atoms with Crippen LogP contribution in [0.1, 0.15) is 12.8 Å². The number of carbonyl (C=O) groups excluding carboxylic acids is 4. The second-order valence-electron chi connectivity index (χ2n) is 4.36. The van der Waals surface area contributed by atoms with E-state index in [0.717, 1.165) is 11.3 Å². The molecule has 0 unspecified atom stereocenters. The van der Waals surface area contributed by atoms with Crippen LogP contribution in [0.15, 0.2) is 0 Å². The first kappa shape index (κ1) is 13.3. The predicted molar refractivity (Wildman–Crippen MR) is 61.9 cm³/mol. The highest BCUT2D eigenvalue weighted by Crippen LogP contribution is 2.09. The Morgan fingerprint density at radius 3 is 2.63 bits per heavy atom. The van der Waals surface area contributed by atoms with E-state index in [2.05, 4.69) is 5.32 Å². The molecule has 4 amide bonds. The number of nitrogens with one attached hydrogen (secondary N) is 1. The summed E-state index contributed by atoms with van der Waals surface area (Å²) in [6.45, 7) is 0.601. The lowest BCUT2D eigenvalue weighted by Crippen LogP contribution is -2.38. The Bertz CT molecular complexity index is 423. The van der Waals surface area contributed by atoms with Crippen molar-refractivity contribution in [3.8, 4) is 0 Å². The number of ether oxygens (including phenoxy) is 1. The van der Waals surface area contributed by atoms with Crippen LogP contribution in [0.25, 0.3) is 0 Å². The van der Waals surface area contributed by atoms with Gasteiger partial charge in [-0.3, -0.25) is 19.3 Å². The molecule has 104 valence electrons. The lowest BCUT2D eigenvalue weighted by atomic mass is 10.4. The molecule has 0 aromatic rings. The van der Waals surface area contributed by atoms with Gasteiger partial charge < -0.3 is 15.0 Å². The number of esters is 1. The van der Waals surface area contributed by atoms with Crippen molar-refractivity contribution >= 4 is 23.8 Å². The van der Waals surface area contributed by atoms with E-state index in [1.807, 2.05) is 0 Å². The molecule has 2 rings (SSSR count). The summed E-state index contributed by atoms with van der Waals surface area (Å²) < 4.78 is 4.77. The van der Waals surface area contributed by atoms with Crippen LogP contribution in [0.3, 0.4) is 0 Å². The molecule has 0 aromatic carbocycles. The molecule has 0 bridgehead atoms. The van der Waals surface area contributed by atoms with Crippen LogP contribution in [0, 0.1) is 0 Å². The number of hydrogen-bond donors (Lipinski definition) is 1. The molecular weight excluding hydrogens is 254 g/mol. The van der Waals surface area contributed by atoms with E-state index in [1.165, 1.54) is 4.90 Å². The number of nitrogens with zero attached hydrogens (tertiary/aromatic N) is 2. The lowest BCUT2D eigenvalue weighted by Gasteiger charge is -2.15. The molecule has 2 saturated heterocycles. The molecule has 0 saturated carbocycles. The molecule has 0 atom stereocenters. The molecule has 8 heteroatoms. The molecule has 0 radical (unpaired) electrons. The van der Waals surface area contributed by atoms with E-state index >= 15 is 0 Å². The Balaban J connectivity index is 1.72. The van der Waals surface area contributed by atoms with E-state index < -0.39 is 24.5 Å². The number of likely N-dealkylation sites (tertiary alicyclic amines) is 1. The van der Waals surface area contributed by atoms with Crippen molar-refractivity contribution in [2.75, 3.05) is 32.8 Å². The highest BCUT2D eigenvalue weighted by molar-refractivity contribution is 5.97. The molecular formula is C11H15N3O5. The summed E-state index contributed by atoms with van der Waals surface area (Å²) in [4.78, 5) is 47.9. The Kier molecular flexibility index (Phi) is 3.98. The quantitative estimate of drug-likeness (QED) is 0.640. The Morgan fingerprint density at radius 2 is 2.05 bits per heavy atom. The summed E-state index contributed by atoms with van der Waals surface area (Å²) in [6, 6.07) is -0.476. The maximum atomic E-state index is 11.6. The molecule has 2 heterocycles. The standard InChI is InChI=1S/C11H15N3O5/c15-8-2-1-4-13(8)6-10(17)19-7-9(16)14-5-3-12-11(14)18/h1-7H2,(H,12,18). The molecule has 2 aliphatic heterocycles. The number of carbonyl (C=O) groups is 4. The van der Waals surface area contributed by atoms with E-state index in [4.69, 9.17) is 4.74 Å². The van der Waals surface area contributed by atoms with Crippen LogP contribution < -0.4 is 5.32 Å². The van der Waals surface area contributed by atoms with Crippen LogP contribution in [-0.4, -0.2) is 66.4 Å². The van der Waals surface area contributed by atoms with Crippen molar-refractivity contribution in [1.29, 1.82) is 0 Å². The van der Waals surface area contributed by atoms with Gasteiger partial charge >= 0.3 is 12.0 Å². The Hall–Kier alpha value is -2.12. The van der Waals surface area contributed by atoms with E-state index in [1.54, 1.807) is 0 Å². The van der Waals surface area contributed by atoms with E-state index in [0.29, 0.717) is 19.5 Å². The third-order valence-corrected chi connectivity index (χ3v) is 3.01. The number of rotatable bonds is 4. The fourth-order valence-electron chi connectivity index (χ4n) is 2.00. The van der Waals surface area contributed by atoms with Gasteiger partial charge in [-0.2, -0.15) is 0 Å². The van der Waals surface area contributed by atoms with Gasteiger partial charge in [0.1, 0.15) is 6.54 Å². The van der Waals surface area contributed by atoms with Crippen LogP contribution in [0.5, 0.6) is 0 Å². The summed E-state index contributed by atoms with van der Waals surface area (Å²) in [5, 5.41) is 2.48. The number of imide groups is 1. The second-order valence-corrected chi connectivity index (χ2v) is 4.36. The molecule has 8 nitrogen and oxygen atoms in total. The summed E-state index contributed by atoms with van der Waals surface area (Å²) in [5.74, 6) is -1.28. The average molecular weight is 269 g/mol. The molecule has 0 spiro atoms. The smallest absolute Gasteiger partial charge is 0.326 e. The highest BCUT2D eigenvalue weighted by Gasteiger charge is 2.27. The van der Waals surface area contributed by atoms with Crippen molar-refractivity contribution in [3.63, 3.8) is 0 Å². The first-order valence-electron chi connectivity index (χ1n) is 6.09. The molecule has 2 aliphatic rings. The maximum absolute atomic E-state index is 11.6. The van der Waals surface area contributed by atoms with Crippen molar-refractivity contribution in [1.82, 2.24) is 15.1 Å². The van der Waals surface area contributed by atoms with Gasteiger partial charge in [0.15, 0.2) is 6.61 Å². The first-order valence-corrected chi connectivity index (χ1v) is 6.09. The zero-order chi connectivity index (χ0) is 13.8. The van der Waals surface area contributed by atoms with Gasteiger partial charge in [-0.25, -0.2) is 4.79 Å². The van der Waals surface area contributed by atoms with Gasteiger partial charge in [-0.15, -0.1) is 0 Å². The highest BCUT2D eigenvalue weighted by atomic mass is 16.5. The minimum absolute atomic E-state index is 0.0813. The van der Waals surface area contributed by atoms with Crippen LogP contribution in [0.4, 0.5) is 4.79 Å².